The molecule has 0 spiro atoms. The molecule has 0 aliphatic heterocycles. The van der Waals surface area contributed by atoms with Crippen LogP contribution in [0.4, 0.5) is 0 Å². The maximum atomic E-state index is 13.3. The zero-order valence-corrected chi connectivity index (χ0v) is 15.2. The maximum Gasteiger partial charge on any atom is 0.263 e. The van der Waals surface area contributed by atoms with E-state index in [9.17, 15) is 4.79 Å². The zero-order valence-electron chi connectivity index (χ0n) is 15.2. The van der Waals surface area contributed by atoms with Gasteiger partial charge in [0.2, 0.25) is 0 Å². The minimum atomic E-state index is -0.0162. The number of nitrogens with zero attached hydrogens (tertiary/aromatic N) is 2. The Hall–Kier alpha value is -3.40. The predicted molar refractivity (Wildman–Crippen MR) is 110 cm³/mol. The van der Waals surface area contributed by atoms with Crippen LogP contribution in [0, 0.1) is 0 Å². The second-order valence-corrected chi connectivity index (χ2v) is 7.02. The number of fused-ring (bicyclic) bond motifs is 5. The van der Waals surface area contributed by atoms with Crippen molar-refractivity contribution in [3.8, 4) is 5.75 Å². The molecule has 3 aromatic heterocycles. The highest BCUT2D eigenvalue weighted by molar-refractivity contribution is 6.19. The summed E-state index contributed by atoms with van der Waals surface area (Å²) >= 11 is 0. The van der Waals surface area contributed by atoms with E-state index in [0.717, 1.165) is 49.6 Å². The van der Waals surface area contributed by atoms with E-state index in [0.29, 0.717) is 11.8 Å². The molecule has 27 heavy (non-hydrogen) atoms. The summed E-state index contributed by atoms with van der Waals surface area (Å²) in [5.74, 6) is 0.812. The molecule has 0 atom stereocenters. The molecule has 2 aromatic carbocycles. The van der Waals surface area contributed by atoms with Crippen molar-refractivity contribution in [3.63, 3.8) is 0 Å². The Labute approximate surface area is 155 Å². The summed E-state index contributed by atoms with van der Waals surface area (Å²) in [4.78, 5) is 18.0. The molecule has 0 amide bonds. The third kappa shape index (κ3) is 2.04. The van der Waals surface area contributed by atoms with Gasteiger partial charge in [-0.25, -0.2) is 0 Å². The van der Waals surface area contributed by atoms with Gasteiger partial charge in [0, 0.05) is 33.3 Å². The maximum absolute atomic E-state index is 13.3. The first-order valence-corrected chi connectivity index (χ1v) is 8.89. The summed E-state index contributed by atoms with van der Waals surface area (Å²) < 4.78 is 7.43. The first-order valence-electron chi connectivity index (χ1n) is 8.89. The summed E-state index contributed by atoms with van der Waals surface area (Å²) in [6.07, 6.45) is 2.51. The Morgan fingerprint density at radius 2 is 1.89 bits per heavy atom. The molecule has 0 saturated heterocycles. The quantitative estimate of drug-likeness (QED) is 0.348. The summed E-state index contributed by atoms with van der Waals surface area (Å²) in [5, 5.41) is 3.63. The van der Waals surface area contributed by atoms with Crippen LogP contribution in [0.15, 0.2) is 65.6 Å². The van der Waals surface area contributed by atoms with E-state index in [1.54, 1.807) is 11.5 Å². The van der Waals surface area contributed by atoms with Gasteiger partial charge in [-0.1, -0.05) is 30.4 Å². The van der Waals surface area contributed by atoms with Crippen molar-refractivity contribution in [1.29, 1.82) is 0 Å². The van der Waals surface area contributed by atoms with Crippen LogP contribution in [-0.4, -0.2) is 16.5 Å². The van der Waals surface area contributed by atoms with E-state index in [1.165, 1.54) is 0 Å². The molecule has 132 valence electrons. The highest BCUT2D eigenvalue weighted by Gasteiger charge is 2.21. The summed E-state index contributed by atoms with van der Waals surface area (Å²) in [6, 6.07) is 13.6. The van der Waals surface area contributed by atoms with Crippen molar-refractivity contribution in [2.24, 2.45) is 0 Å². The molecule has 0 unspecified atom stereocenters. The number of benzene rings is 2. The number of pyridine rings is 2. The van der Waals surface area contributed by atoms with Gasteiger partial charge in [-0.05, 0) is 37.6 Å². The standard InChI is InChI=1S/C23H18N2O2/c1-13(2)12-17-19(27-3)9-8-18-20(17)16-10-11-24-21-14-6-4-5-7-15(14)23(26)25(18)22(16)21/h4-11H,1,12H2,2-3H3. The van der Waals surface area contributed by atoms with E-state index in [2.05, 4.69) is 11.6 Å². The third-order valence-corrected chi connectivity index (χ3v) is 5.22. The summed E-state index contributed by atoms with van der Waals surface area (Å²) in [6.45, 7) is 6.08. The highest BCUT2D eigenvalue weighted by Crippen LogP contribution is 2.38. The molecule has 0 aliphatic rings. The second kappa shape index (κ2) is 5.55. The van der Waals surface area contributed by atoms with Gasteiger partial charge in [-0.3, -0.25) is 14.2 Å². The molecule has 0 bridgehead atoms. The van der Waals surface area contributed by atoms with Crippen LogP contribution in [0.1, 0.15) is 12.5 Å². The van der Waals surface area contributed by atoms with Gasteiger partial charge in [-0.15, -0.1) is 0 Å². The van der Waals surface area contributed by atoms with Crippen molar-refractivity contribution in [2.45, 2.75) is 13.3 Å². The summed E-state index contributed by atoms with van der Waals surface area (Å²) in [5.41, 5.74) is 4.68. The Balaban J connectivity index is 2.14. The molecule has 0 N–H and O–H groups in total. The van der Waals surface area contributed by atoms with Gasteiger partial charge in [-0.2, -0.15) is 0 Å². The van der Waals surface area contributed by atoms with E-state index in [-0.39, 0.29) is 5.56 Å². The largest absolute Gasteiger partial charge is 0.496 e. The minimum Gasteiger partial charge on any atom is -0.496 e. The Morgan fingerprint density at radius 1 is 1.11 bits per heavy atom. The van der Waals surface area contributed by atoms with Crippen LogP contribution in [0.2, 0.25) is 0 Å². The van der Waals surface area contributed by atoms with Crippen molar-refractivity contribution < 1.29 is 4.74 Å². The lowest BCUT2D eigenvalue weighted by Crippen LogP contribution is -2.13. The van der Waals surface area contributed by atoms with Gasteiger partial charge in [0.25, 0.3) is 5.56 Å². The van der Waals surface area contributed by atoms with Crippen LogP contribution >= 0.6 is 0 Å². The first kappa shape index (κ1) is 15.8. The van der Waals surface area contributed by atoms with E-state index in [1.807, 2.05) is 55.6 Å². The lowest BCUT2D eigenvalue weighted by molar-refractivity contribution is 0.411. The molecule has 3 heterocycles. The predicted octanol–water partition coefficient (Wildman–Crippen LogP) is 4.72. The molecule has 0 aliphatic carbocycles. The van der Waals surface area contributed by atoms with Crippen LogP contribution in [0.3, 0.4) is 0 Å². The molecule has 0 radical (unpaired) electrons. The van der Waals surface area contributed by atoms with Gasteiger partial charge in [0.05, 0.1) is 23.7 Å². The number of hydrogen-bond acceptors (Lipinski definition) is 3. The SMILES string of the molecule is C=C(C)Cc1c(OC)ccc2c1c1ccnc3c4ccccc4c(=O)n2c13. The van der Waals surface area contributed by atoms with Gasteiger partial charge in [0.15, 0.2) is 0 Å². The monoisotopic (exact) mass is 354 g/mol. The van der Waals surface area contributed by atoms with Crippen molar-refractivity contribution in [2.75, 3.05) is 7.11 Å². The van der Waals surface area contributed by atoms with Crippen LogP contribution in [-0.2, 0) is 6.42 Å². The number of aromatic nitrogens is 2. The van der Waals surface area contributed by atoms with E-state index >= 15 is 0 Å². The van der Waals surface area contributed by atoms with Crippen molar-refractivity contribution >= 4 is 38.1 Å². The fraction of sp³-hybridized carbons (Fsp3) is 0.130. The Morgan fingerprint density at radius 3 is 2.63 bits per heavy atom. The van der Waals surface area contributed by atoms with Crippen LogP contribution < -0.4 is 10.3 Å². The molecule has 4 nitrogen and oxygen atoms in total. The van der Waals surface area contributed by atoms with Crippen molar-refractivity contribution in [1.82, 2.24) is 9.38 Å². The third-order valence-electron chi connectivity index (χ3n) is 5.22. The first-order chi connectivity index (χ1) is 13.1. The molecule has 0 fully saturated rings. The smallest absolute Gasteiger partial charge is 0.263 e. The van der Waals surface area contributed by atoms with Crippen LogP contribution in [0.25, 0.3) is 38.1 Å². The number of hydrogen-bond donors (Lipinski definition) is 0. The van der Waals surface area contributed by atoms with Gasteiger partial charge in [0.1, 0.15) is 5.75 Å². The zero-order chi connectivity index (χ0) is 18.7. The number of ether oxygens (including phenoxy) is 1. The van der Waals surface area contributed by atoms with E-state index in [4.69, 9.17) is 4.74 Å². The molecule has 5 aromatic rings. The fourth-order valence-corrected chi connectivity index (χ4v) is 4.18. The average molecular weight is 354 g/mol. The lowest BCUT2D eigenvalue weighted by Gasteiger charge is -2.10. The second-order valence-electron chi connectivity index (χ2n) is 7.02. The Kier molecular flexibility index (Phi) is 3.25. The topological polar surface area (TPSA) is 43.6 Å². The Bertz CT molecular complexity index is 1430. The molecular weight excluding hydrogens is 336 g/mol. The summed E-state index contributed by atoms with van der Waals surface area (Å²) in [7, 11) is 1.67. The molecular formula is C23H18N2O2. The molecule has 0 saturated carbocycles. The number of rotatable bonds is 3. The number of allylic oxidation sites excluding steroid dienone is 1. The van der Waals surface area contributed by atoms with Gasteiger partial charge < -0.3 is 4.74 Å². The van der Waals surface area contributed by atoms with Crippen molar-refractivity contribution in [3.05, 3.63) is 76.7 Å². The average Bonchev–Trinajstić information content (AvgIpc) is 3.02. The number of methoxy groups -OCH3 is 1. The van der Waals surface area contributed by atoms with Crippen LogP contribution in [0.5, 0.6) is 5.75 Å². The fourth-order valence-electron chi connectivity index (χ4n) is 4.18. The lowest BCUT2D eigenvalue weighted by atomic mass is 9.99. The minimum absolute atomic E-state index is 0.0162. The van der Waals surface area contributed by atoms with Gasteiger partial charge >= 0.3 is 0 Å². The molecule has 4 heteroatoms. The normalized spacial score (nSPS) is 11.8. The van der Waals surface area contributed by atoms with E-state index < -0.39 is 0 Å². The molecule has 5 rings (SSSR count). The highest BCUT2D eigenvalue weighted by atomic mass is 16.5.